The van der Waals surface area contributed by atoms with Crippen molar-refractivity contribution in [2.24, 2.45) is 32.7 Å². The molecule has 39 heavy (non-hydrogen) atoms. The molecule has 14 heteroatoms. The van der Waals surface area contributed by atoms with E-state index in [0.717, 1.165) is 0 Å². The number of hydrazine groups is 1. The molecule has 13 nitrogen and oxygen atoms in total. The normalized spacial score (nSPS) is 17.2. The van der Waals surface area contributed by atoms with Gasteiger partial charge in [-0.2, -0.15) is 5.10 Å². The van der Waals surface area contributed by atoms with E-state index in [-0.39, 0.29) is 29.4 Å². The van der Waals surface area contributed by atoms with Gasteiger partial charge in [-0.3, -0.25) is 10.2 Å². The van der Waals surface area contributed by atoms with Crippen molar-refractivity contribution < 1.29 is 18.0 Å². The van der Waals surface area contributed by atoms with E-state index < -0.39 is 21.5 Å². The van der Waals surface area contributed by atoms with Crippen LogP contribution in [0, 0.1) is 5.41 Å². The van der Waals surface area contributed by atoms with Gasteiger partial charge in [0.1, 0.15) is 11.7 Å². The molecule has 0 saturated heterocycles. The highest BCUT2D eigenvalue weighted by atomic mass is 32.2. The number of amidine groups is 2. The van der Waals surface area contributed by atoms with Crippen LogP contribution in [-0.2, 0) is 19.7 Å². The number of amides is 1. The number of oxime groups is 1. The van der Waals surface area contributed by atoms with Crippen LogP contribution in [0.15, 0.2) is 87.9 Å². The van der Waals surface area contributed by atoms with E-state index in [9.17, 15) is 13.2 Å². The summed E-state index contributed by atoms with van der Waals surface area (Å²) in [5.74, 6) is 4.60. The molecule has 3 aromatic carbocycles. The third-order valence-electron chi connectivity index (χ3n) is 6.03. The van der Waals surface area contributed by atoms with E-state index in [1.807, 2.05) is 0 Å². The monoisotopic (exact) mass is 549 g/mol. The lowest BCUT2D eigenvalue weighted by atomic mass is 9.89. The van der Waals surface area contributed by atoms with Gasteiger partial charge in [0, 0.05) is 28.8 Å². The topological polar surface area (TPSA) is 237 Å². The van der Waals surface area contributed by atoms with Gasteiger partial charge in [-0.25, -0.2) is 24.9 Å². The Balaban J connectivity index is 1.59. The Morgan fingerprint density at radius 3 is 2.44 bits per heavy atom. The highest BCUT2D eigenvalue weighted by molar-refractivity contribution is 7.89. The van der Waals surface area contributed by atoms with Crippen LogP contribution in [0.2, 0.25) is 0 Å². The number of rotatable bonds is 9. The van der Waals surface area contributed by atoms with Gasteiger partial charge in [0.2, 0.25) is 15.6 Å². The summed E-state index contributed by atoms with van der Waals surface area (Å²) in [6, 6.07) is 19.7. The maximum absolute atomic E-state index is 13.5. The minimum atomic E-state index is -3.94. The molecule has 1 aliphatic heterocycles. The molecular weight excluding hydrogens is 522 g/mol. The van der Waals surface area contributed by atoms with E-state index in [4.69, 9.17) is 32.7 Å². The summed E-state index contributed by atoms with van der Waals surface area (Å²) in [5.41, 5.74) is 15.1. The zero-order valence-corrected chi connectivity index (χ0v) is 21.4. The Bertz CT molecular complexity index is 1590. The van der Waals surface area contributed by atoms with Crippen LogP contribution in [0.5, 0.6) is 0 Å². The highest BCUT2D eigenvalue weighted by Crippen LogP contribution is 2.33. The van der Waals surface area contributed by atoms with E-state index in [2.05, 4.69) is 21.1 Å². The lowest BCUT2D eigenvalue weighted by Crippen LogP contribution is -2.46. The van der Waals surface area contributed by atoms with Crippen molar-refractivity contribution in [2.45, 2.75) is 23.3 Å². The van der Waals surface area contributed by atoms with Gasteiger partial charge in [0.05, 0.1) is 17.0 Å². The quantitative estimate of drug-likeness (QED) is 0.0874. The molecule has 0 radical (unpaired) electrons. The van der Waals surface area contributed by atoms with Gasteiger partial charge in [-0.1, -0.05) is 53.7 Å². The van der Waals surface area contributed by atoms with Crippen LogP contribution in [0.25, 0.3) is 11.1 Å². The smallest absolute Gasteiger partial charge is 0.272 e. The van der Waals surface area contributed by atoms with Gasteiger partial charge >= 0.3 is 0 Å². The molecule has 1 amide bonds. The Morgan fingerprint density at radius 1 is 1.05 bits per heavy atom. The lowest BCUT2D eigenvalue weighted by Gasteiger charge is -2.25. The molecule has 0 fully saturated rings. The van der Waals surface area contributed by atoms with Crippen molar-refractivity contribution in [1.29, 1.82) is 5.41 Å². The molecule has 4 rings (SSSR count). The van der Waals surface area contributed by atoms with Gasteiger partial charge < -0.3 is 21.6 Å². The molecule has 202 valence electrons. The van der Waals surface area contributed by atoms with Crippen molar-refractivity contribution in [2.75, 3.05) is 5.32 Å². The van der Waals surface area contributed by atoms with Crippen LogP contribution in [0.1, 0.15) is 24.0 Å². The maximum atomic E-state index is 13.5. The van der Waals surface area contributed by atoms with Crippen LogP contribution < -0.4 is 33.3 Å². The standard InChI is InChI=1S/C25H27N9O4S/c26-22(32-34-29)14-25(13-20(33-38-25)16-4-3-5-17(12-16)23(27)28)24(35)31-18-10-8-15(9-11-18)19-6-1-2-7-21(19)39(30,36)37/h1-12,34H,13-14,29H2,(H2,26,32)(H3,27,28)(H,31,35)(H2,30,36,37). The molecule has 0 bridgehead atoms. The van der Waals surface area contributed by atoms with Crippen LogP contribution in [-0.4, -0.2) is 37.3 Å². The predicted octanol–water partition coefficient (Wildman–Crippen LogP) is 0.913. The first-order valence-electron chi connectivity index (χ1n) is 11.5. The predicted molar refractivity (Wildman–Crippen MR) is 148 cm³/mol. The second-order valence-electron chi connectivity index (χ2n) is 8.78. The molecule has 0 spiro atoms. The number of sulfonamides is 1. The molecule has 1 unspecified atom stereocenters. The van der Waals surface area contributed by atoms with Crippen molar-refractivity contribution in [3.05, 3.63) is 83.9 Å². The Hall–Kier alpha value is -4.79. The first-order chi connectivity index (χ1) is 18.5. The lowest BCUT2D eigenvalue weighted by molar-refractivity contribution is -0.137. The number of carbonyl (C=O) groups excluding carboxylic acids is 1. The molecule has 1 atom stereocenters. The Kier molecular flexibility index (Phi) is 7.62. The number of nitrogens with one attached hydrogen (secondary N) is 3. The average Bonchev–Trinajstić information content (AvgIpc) is 3.34. The van der Waals surface area contributed by atoms with E-state index >= 15 is 0 Å². The van der Waals surface area contributed by atoms with Crippen LogP contribution in [0.4, 0.5) is 5.69 Å². The molecule has 11 N–H and O–H groups in total. The number of primary sulfonamides is 1. The molecule has 0 saturated carbocycles. The maximum Gasteiger partial charge on any atom is 0.272 e. The molecule has 1 heterocycles. The fraction of sp³-hybridized carbons (Fsp3) is 0.120. The van der Waals surface area contributed by atoms with Gasteiger partial charge in [-0.15, -0.1) is 0 Å². The third-order valence-corrected chi connectivity index (χ3v) is 7.00. The zero-order valence-electron chi connectivity index (χ0n) is 20.6. The SMILES string of the molecule is N=C(N)c1cccc(C2=NOC(C/C(N)=N/NN)(C(=O)Nc3ccc(-c4ccccc4S(N)(=O)=O)cc3)C2)c1. The summed E-state index contributed by atoms with van der Waals surface area (Å²) in [5, 5.41) is 23.7. The second-order valence-corrected chi connectivity index (χ2v) is 10.3. The number of nitrogens with zero attached hydrogens (tertiary/aromatic N) is 2. The van der Waals surface area contributed by atoms with Crippen LogP contribution in [0.3, 0.4) is 0 Å². The summed E-state index contributed by atoms with van der Waals surface area (Å²) in [4.78, 5) is 19.2. The third kappa shape index (κ3) is 6.04. The number of hydrazone groups is 1. The number of carbonyl (C=O) groups is 1. The number of hydrogen-bond acceptors (Lipinski definition) is 9. The summed E-state index contributed by atoms with van der Waals surface area (Å²) in [6.45, 7) is 0. The van der Waals surface area contributed by atoms with Crippen molar-refractivity contribution in [3.8, 4) is 11.1 Å². The molecular formula is C25H27N9O4S. The minimum absolute atomic E-state index is 0.0107. The molecule has 0 aliphatic carbocycles. The number of nitrogen functional groups attached to an aromatic ring is 1. The minimum Gasteiger partial charge on any atom is -0.386 e. The van der Waals surface area contributed by atoms with Crippen LogP contribution >= 0.6 is 0 Å². The fourth-order valence-corrected chi connectivity index (χ4v) is 4.90. The largest absolute Gasteiger partial charge is 0.386 e. The average molecular weight is 550 g/mol. The Labute approximate surface area is 224 Å². The van der Waals surface area contributed by atoms with E-state index in [1.165, 1.54) is 6.07 Å². The van der Waals surface area contributed by atoms with E-state index in [0.29, 0.717) is 33.7 Å². The van der Waals surface area contributed by atoms with Gasteiger partial charge in [-0.05, 0) is 29.8 Å². The van der Waals surface area contributed by atoms with E-state index in [1.54, 1.807) is 66.7 Å². The van der Waals surface area contributed by atoms with Crippen molar-refractivity contribution in [3.63, 3.8) is 0 Å². The van der Waals surface area contributed by atoms with Crippen molar-refractivity contribution >= 4 is 39.0 Å². The molecule has 1 aliphatic rings. The zero-order chi connectivity index (χ0) is 28.2. The molecule has 3 aromatic rings. The fourth-order valence-electron chi connectivity index (χ4n) is 4.14. The highest BCUT2D eigenvalue weighted by Gasteiger charge is 2.48. The van der Waals surface area contributed by atoms with Gasteiger partial charge in [0.25, 0.3) is 5.91 Å². The number of nitrogens with two attached hydrogens (primary N) is 4. The van der Waals surface area contributed by atoms with Crippen molar-refractivity contribution in [1.82, 2.24) is 5.53 Å². The first-order valence-corrected chi connectivity index (χ1v) is 13.1. The number of hydrogen-bond donors (Lipinski definition) is 7. The first kappa shape index (κ1) is 27.3. The summed E-state index contributed by atoms with van der Waals surface area (Å²) in [7, 11) is -3.94. The summed E-state index contributed by atoms with van der Waals surface area (Å²) in [6.07, 6.45) is -0.0942. The Morgan fingerprint density at radius 2 is 1.77 bits per heavy atom. The number of anilines is 1. The number of benzene rings is 3. The molecule has 0 aromatic heterocycles. The second kappa shape index (κ2) is 10.9. The van der Waals surface area contributed by atoms with Gasteiger partial charge in [0.15, 0.2) is 0 Å². The summed E-state index contributed by atoms with van der Waals surface area (Å²) < 4.78 is 24.0. The summed E-state index contributed by atoms with van der Waals surface area (Å²) >= 11 is 0.